The van der Waals surface area contributed by atoms with Crippen LogP contribution in [0.2, 0.25) is 0 Å². The summed E-state index contributed by atoms with van der Waals surface area (Å²) in [5.74, 6) is 1.05. The number of hydrogen-bond acceptors (Lipinski definition) is 2. The molecule has 12 heavy (non-hydrogen) atoms. The van der Waals surface area contributed by atoms with Crippen molar-refractivity contribution in [3.05, 3.63) is 30.1 Å². The molecule has 2 heterocycles. The van der Waals surface area contributed by atoms with Crippen molar-refractivity contribution >= 4 is 22.8 Å². The molecule has 62 valence electrons. The predicted molar refractivity (Wildman–Crippen MR) is 53.3 cm³/mol. The van der Waals surface area contributed by atoms with Gasteiger partial charge in [0.15, 0.2) is 0 Å². The van der Waals surface area contributed by atoms with Gasteiger partial charge in [-0.1, -0.05) is 0 Å². The molecule has 0 aliphatic heterocycles. The fourth-order valence-electron chi connectivity index (χ4n) is 1.29. The highest BCUT2D eigenvalue weighted by molar-refractivity contribution is 7.97. The summed E-state index contributed by atoms with van der Waals surface area (Å²) < 4.78 is 0. The number of aromatic amines is 1. The molecule has 0 aliphatic carbocycles. The number of nitrogens with zero attached hydrogens (tertiary/aromatic N) is 1. The van der Waals surface area contributed by atoms with Crippen molar-refractivity contribution in [2.24, 2.45) is 0 Å². The van der Waals surface area contributed by atoms with Gasteiger partial charge in [0.1, 0.15) is 5.65 Å². The SMILES string of the molecule is CSCc1c[nH]c2ncccc12. The normalized spacial score (nSPS) is 10.8. The Bertz CT molecular complexity index is 381. The van der Waals surface area contributed by atoms with Crippen LogP contribution in [0.5, 0.6) is 0 Å². The average molecular weight is 178 g/mol. The molecule has 2 aromatic rings. The second-order valence-corrected chi connectivity index (χ2v) is 3.51. The molecule has 0 bridgehead atoms. The molecule has 0 amide bonds. The Balaban J connectivity index is 2.55. The van der Waals surface area contributed by atoms with E-state index in [9.17, 15) is 0 Å². The van der Waals surface area contributed by atoms with Crippen LogP contribution in [0.3, 0.4) is 0 Å². The number of aromatic nitrogens is 2. The Morgan fingerprint density at radius 3 is 3.33 bits per heavy atom. The lowest BCUT2D eigenvalue weighted by molar-refractivity contribution is 1.32. The van der Waals surface area contributed by atoms with E-state index in [4.69, 9.17) is 0 Å². The summed E-state index contributed by atoms with van der Waals surface area (Å²) in [6, 6.07) is 4.07. The molecule has 0 saturated heterocycles. The molecule has 0 aromatic carbocycles. The minimum atomic E-state index is 0.988. The zero-order chi connectivity index (χ0) is 8.39. The molecule has 0 radical (unpaired) electrons. The van der Waals surface area contributed by atoms with E-state index in [1.807, 2.05) is 30.2 Å². The van der Waals surface area contributed by atoms with Gasteiger partial charge in [0.05, 0.1) is 0 Å². The van der Waals surface area contributed by atoms with Gasteiger partial charge in [-0.15, -0.1) is 0 Å². The first-order valence-corrected chi connectivity index (χ1v) is 5.21. The Morgan fingerprint density at radius 1 is 1.58 bits per heavy atom. The number of nitrogens with one attached hydrogen (secondary N) is 1. The van der Waals surface area contributed by atoms with Gasteiger partial charge in [-0.2, -0.15) is 11.8 Å². The highest BCUT2D eigenvalue weighted by Gasteiger charge is 2.01. The van der Waals surface area contributed by atoms with Crippen LogP contribution in [0, 0.1) is 0 Å². The van der Waals surface area contributed by atoms with Gasteiger partial charge in [0, 0.05) is 23.5 Å². The van der Waals surface area contributed by atoms with Gasteiger partial charge >= 0.3 is 0 Å². The Kier molecular flexibility index (Phi) is 2.04. The highest BCUT2D eigenvalue weighted by Crippen LogP contribution is 2.19. The first-order valence-electron chi connectivity index (χ1n) is 3.81. The van der Waals surface area contributed by atoms with E-state index in [2.05, 4.69) is 22.3 Å². The Morgan fingerprint density at radius 2 is 2.50 bits per heavy atom. The van der Waals surface area contributed by atoms with Crippen molar-refractivity contribution in [2.75, 3.05) is 6.26 Å². The molecule has 2 nitrogen and oxygen atoms in total. The Hall–Kier alpha value is -0.960. The van der Waals surface area contributed by atoms with E-state index in [-0.39, 0.29) is 0 Å². The van der Waals surface area contributed by atoms with Crippen LogP contribution in [-0.4, -0.2) is 16.2 Å². The zero-order valence-electron chi connectivity index (χ0n) is 6.87. The van der Waals surface area contributed by atoms with Gasteiger partial charge in [-0.25, -0.2) is 4.98 Å². The lowest BCUT2D eigenvalue weighted by Crippen LogP contribution is -1.76. The van der Waals surface area contributed by atoms with Crippen LogP contribution >= 0.6 is 11.8 Å². The summed E-state index contributed by atoms with van der Waals surface area (Å²) in [4.78, 5) is 7.37. The molecule has 0 spiro atoms. The van der Waals surface area contributed by atoms with Crippen molar-refractivity contribution in [3.8, 4) is 0 Å². The van der Waals surface area contributed by atoms with Crippen LogP contribution in [0.4, 0.5) is 0 Å². The zero-order valence-corrected chi connectivity index (χ0v) is 7.69. The summed E-state index contributed by atoms with van der Waals surface area (Å²) in [6.45, 7) is 0. The molecule has 0 saturated carbocycles. The fourth-order valence-corrected chi connectivity index (χ4v) is 1.84. The van der Waals surface area contributed by atoms with Crippen molar-refractivity contribution in [1.29, 1.82) is 0 Å². The Labute approximate surface area is 75.4 Å². The van der Waals surface area contributed by atoms with E-state index in [1.54, 1.807) is 0 Å². The summed E-state index contributed by atoms with van der Waals surface area (Å²) in [7, 11) is 0. The lowest BCUT2D eigenvalue weighted by Gasteiger charge is -1.92. The number of H-pyrrole nitrogens is 1. The number of pyridine rings is 1. The highest BCUT2D eigenvalue weighted by atomic mass is 32.2. The molecule has 2 rings (SSSR count). The molecule has 0 fully saturated rings. The minimum Gasteiger partial charge on any atom is -0.346 e. The molecule has 3 heteroatoms. The van der Waals surface area contributed by atoms with E-state index in [0.717, 1.165) is 11.4 Å². The first kappa shape index (κ1) is 7.68. The molecule has 2 aromatic heterocycles. The van der Waals surface area contributed by atoms with Crippen molar-refractivity contribution in [3.63, 3.8) is 0 Å². The third-order valence-electron chi connectivity index (χ3n) is 1.84. The standard InChI is InChI=1S/C9H10N2S/c1-12-6-7-5-11-9-8(7)3-2-4-10-9/h2-5H,6H2,1H3,(H,10,11). The largest absolute Gasteiger partial charge is 0.346 e. The monoisotopic (exact) mass is 178 g/mol. The summed E-state index contributed by atoms with van der Waals surface area (Å²) in [5.41, 5.74) is 2.33. The summed E-state index contributed by atoms with van der Waals surface area (Å²) in [5, 5.41) is 1.24. The van der Waals surface area contributed by atoms with Crippen LogP contribution in [-0.2, 0) is 5.75 Å². The van der Waals surface area contributed by atoms with Crippen LogP contribution in [0.15, 0.2) is 24.5 Å². The van der Waals surface area contributed by atoms with E-state index in [1.165, 1.54) is 10.9 Å². The second kappa shape index (κ2) is 3.19. The number of rotatable bonds is 2. The van der Waals surface area contributed by atoms with Gasteiger partial charge in [-0.3, -0.25) is 0 Å². The van der Waals surface area contributed by atoms with Crippen LogP contribution < -0.4 is 0 Å². The van der Waals surface area contributed by atoms with E-state index >= 15 is 0 Å². The topological polar surface area (TPSA) is 28.7 Å². The molecular formula is C9H10N2S. The molecule has 0 unspecified atom stereocenters. The van der Waals surface area contributed by atoms with Crippen molar-refractivity contribution in [2.45, 2.75) is 5.75 Å². The third-order valence-corrected chi connectivity index (χ3v) is 2.44. The molecule has 0 atom stereocenters. The summed E-state index contributed by atoms with van der Waals surface area (Å²) >= 11 is 1.83. The number of thioether (sulfide) groups is 1. The fraction of sp³-hybridized carbons (Fsp3) is 0.222. The molecule has 0 aliphatic rings. The molecular weight excluding hydrogens is 168 g/mol. The third kappa shape index (κ3) is 1.20. The lowest BCUT2D eigenvalue weighted by atomic mass is 10.2. The average Bonchev–Trinajstić information content (AvgIpc) is 2.50. The van der Waals surface area contributed by atoms with Crippen LogP contribution in [0.25, 0.3) is 11.0 Å². The van der Waals surface area contributed by atoms with Gasteiger partial charge in [0.25, 0.3) is 0 Å². The van der Waals surface area contributed by atoms with Crippen LogP contribution in [0.1, 0.15) is 5.56 Å². The van der Waals surface area contributed by atoms with Gasteiger partial charge in [0.2, 0.25) is 0 Å². The smallest absolute Gasteiger partial charge is 0.137 e. The van der Waals surface area contributed by atoms with E-state index < -0.39 is 0 Å². The minimum absolute atomic E-state index is 0.988. The van der Waals surface area contributed by atoms with E-state index in [0.29, 0.717) is 0 Å². The second-order valence-electron chi connectivity index (χ2n) is 2.65. The number of hydrogen-bond donors (Lipinski definition) is 1. The number of fused-ring (bicyclic) bond motifs is 1. The first-order chi connectivity index (χ1) is 5.92. The van der Waals surface area contributed by atoms with Gasteiger partial charge < -0.3 is 4.98 Å². The maximum atomic E-state index is 4.22. The van der Waals surface area contributed by atoms with Gasteiger partial charge in [-0.05, 0) is 24.0 Å². The van der Waals surface area contributed by atoms with Crippen molar-refractivity contribution in [1.82, 2.24) is 9.97 Å². The molecule has 1 N–H and O–H groups in total. The van der Waals surface area contributed by atoms with Crippen molar-refractivity contribution < 1.29 is 0 Å². The quantitative estimate of drug-likeness (QED) is 0.765. The maximum absolute atomic E-state index is 4.22. The summed E-state index contributed by atoms with van der Waals surface area (Å²) in [6.07, 6.45) is 5.95. The maximum Gasteiger partial charge on any atom is 0.137 e. The predicted octanol–water partition coefficient (Wildman–Crippen LogP) is 2.43.